The van der Waals surface area contributed by atoms with Gasteiger partial charge in [-0.1, -0.05) is 0 Å². The van der Waals surface area contributed by atoms with Crippen LogP contribution in [0.15, 0.2) is 10.9 Å². The lowest BCUT2D eigenvalue weighted by molar-refractivity contribution is 0.0800. The average Bonchev–Trinajstić information content (AvgIpc) is 2.27. The lowest BCUT2D eigenvalue weighted by Crippen LogP contribution is -2.17. The molecule has 1 aliphatic rings. The van der Waals surface area contributed by atoms with Gasteiger partial charge < -0.3 is 4.74 Å². The molecule has 2 rings (SSSR count). The van der Waals surface area contributed by atoms with E-state index in [2.05, 4.69) is 5.10 Å². The summed E-state index contributed by atoms with van der Waals surface area (Å²) in [6.07, 6.45) is 0. The Balaban J connectivity index is 2.50. The maximum Gasteiger partial charge on any atom is 0.264 e. The monoisotopic (exact) mass is 140 g/mol. The molecule has 0 amide bonds. The second kappa shape index (κ2) is 1.98. The molecule has 0 saturated carbocycles. The number of ether oxygens (including phenoxy) is 1. The fourth-order valence-corrected chi connectivity index (χ4v) is 1.12. The van der Waals surface area contributed by atoms with Gasteiger partial charge in [0.25, 0.3) is 5.56 Å². The van der Waals surface area contributed by atoms with Gasteiger partial charge in [0.05, 0.1) is 25.5 Å². The number of H-pyrrole nitrogens is 1. The van der Waals surface area contributed by atoms with Crippen molar-refractivity contribution < 1.29 is 4.74 Å². The predicted molar refractivity (Wildman–Crippen MR) is 34.7 cm³/mol. The highest BCUT2D eigenvalue weighted by Gasteiger charge is 2.08. The summed E-state index contributed by atoms with van der Waals surface area (Å²) in [5.41, 5.74) is 0.900. The summed E-state index contributed by atoms with van der Waals surface area (Å²) in [7, 11) is 0. The predicted octanol–water partition coefficient (Wildman–Crippen LogP) is -0.293. The van der Waals surface area contributed by atoms with Crippen LogP contribution in [-0.4, -0.2) is 16.4 Å². The van der Waals surface area contributed by atoms with Crippen molar-refractivity contribution >= 4 is 0 Å². The zero-order chi connectivity index (χ0) is 6.97. The molecule has 54 valence electrons. The average molecular weight is 140 g/mol. The number of nitrogens with zero attached hydrogens (tertiary/aromatic N) is 1. The number of rotatable bonds is 0. The second-order valence-electron chi connectivity index (χ2n) is 2.32. The molecular weight excluding hydrogens is 132 g/mol. The van der Waals surface area contributed by atoms with E-state index in [4.69, 9.17) is 4.74 Å². The van der Waals surface area contributed by atoms with Gasteiger partial charge >= 0.3 is 0 Å². The Labute approximate surface area is 57.4 Å². The van der Waals surface area contributed by atoms with Gasteiger partial charge in [-0.25, -0.2) is 0 Å². The van der Waals surface area contributed by atoms with E-state index in [0.717, 1.165) is 12.2 Å². The van der Waals surface area contributed by atoms with Crippen molar-refractivity contribution in [3.8, 4) is 0 Å². The van der Waals surface area contributed by atoms with Gasteiger partial charge in [-0.05, 0) is 0 Å². The van der Waals surface area contributed by atoms with Crippen LogP contribution in [-0.2, 0) is 17.9 Å². The highest BCUT2D eigenvalue weighted by Crippen LogP contribution is 2.03. The minimum atomic E-state index is -0.0412. The van der Waals surface area contributed by atoms with E-state index in [-0.39, 0.29) is 5.56 Å². The minimum Gasteiger partial charge on any atom is -0.373 e. The van der Waals surface area contributed by atoms with Crippen molar-refractivity contribution in [2.75, 3.05) is 6.61 Å². The first-order valence-corrected chi connectivity index (χ1v) is 3.23. The first-order chi connectivity index (χ1) is 4.86. The maximum absolute atomic E-state index is 10.7. The molecule has 0 radical (unpaired) electrons. The summed E-state index contributed by atoms with van der Waals surface area (Å²) in [4.78, 5) is 10.7. The molecule has 4 nitrogen and oxygen atoms in total. The number of aromatic nitrogens is 2. The third-order valence-electron chi connectivity index (χ3n) is 1.60. The lowest BCUT2D eigenvalue weighted by atomic mass is 10.4. The molecule has 2 heterocycles. The SMILES string of the molecule is O=c1cc2n([nH]1)CCOC2. The molecule has 0 spiro atoms. The molecule has 4 heteroatoms. The number of hydrogen-bond donors (Lipinski definition) is 1. The van der Waals surface area contributed by atoms with E-state index in [1.165, 1.54) is 0 Å². The van der Waals surface area contributed by atoms with Crippen LogP contribution in [0.1, 0.15) is 5.69 Å². The molecule has 1 aromatic rings. The van der Waals surface area contributed by atoms with Gasteiger partial charge in [-0.3, -0.25) is 14.6 Å². The standard InChI is InChI=1S/C6H8N2O2/c9-6-3-5-4-10-2-1-8(5)7-6/h3H,1-2,4H2,(H,7,9). The van der Waals surface area contributed by atoms with Crippen molar-refractivity contribution in [1.29, 1.82) is 0 Å². The van der Waals surface area contributed by atoms with Crippen LogP contribution >= 0.6 is 0 Å². The van der Waals surface area contributed by atoms with E-state index in [0.29, 0.717) is 13.2 Å². The highest BCUT2D eigenvalue weighted by molar-refractivity contribution is 5.00. The Hall–Kier alpha value is -1.03. The number of nitrogens with one attached hydrogen (secondary N) is 1. The van der Waals surface area contributed by atoms with E-state index in [1.807, 2.05) is 4.68 Å². The van der Waals surface area contributed by atoms with Gasteiger partial charge in [0.2, 0.25) is 0 Å². The summed E-state index contributed by atoms with van der Waals surface area (Å²) < 4.78 is 6.95. The summed E-state index contributed by atoms with van der Waals surface area (Å²) in [5, 5.41) is 2.68. The van der Waals surface area contributed by atoms with Crippen LogP contribution < -0.4 is 5.56 Å². The van der Waals surface area contributed by atoms with Crippen molar-refractivity contribution in [3.63, 3.8) is 0 Å². The number of hydrogen-bond acceptors (Lipinski definition) is 2. The Morgan fingerprint density at radius 2 is 2.60 bits per heavy atom. The number of fused-ring (bicyclic) bond motifs is 1. The van der Waals surface area contributed by atoms with Gasteiger partial charge in [0.15, 0.2) is 0 Å². The molecule has 0 atom stereocenters. The van der Waals surface area contributed by atoms with E-state index < -0.39 is 0 Å². The third-order valence-corrected chi connectivity index (χ3v) is 1.60. The maximum atomic E-state index is 10.7. The molecule has 10 heavy (non-hydrogen) atoms. The molecule has 0 aliphatic carbocycles. The molecule has 1 N–H and O–H groups in total. The molecular formula is C6H8N2O2. The summed E-state index contributed by atoms with van der Waals surface area (Å²) >= 11 is 0. The quantitative estimate of drug-likeness (QED) is 0.538. The highest BCUT2D eigenvalue weighted by atomic mass is 16.5. The van der Waals surface area contributed by atoms with Crippen molar-refractivity contribution in [3.05, 3.63) is 22.1 Å². The van der Waals surface area contributed by atoms with Gasteiger partial charge in [0, 0.05) is 6.07 Å². The van der Waals surface area contributed by atoms with Gasteiger partial charge in [0.1, 0.15) is 0 Å². The largest absolute Gasteiger partial charge is 0.373 e. The normalized spacial score (nSPS) is 16.8. The molecule has 0 aromatic carbocycles. The van der Waals surface area contributed by atoms with E-state index >= 15 is 0 Å². The van der Waals surface area contributed by atoms with Gasteiger partial charge in [-0.15, -0.1) is 0 Å². The van der Waals surface area contributed by atoms with Crippen molar-refractivity contribution in [2.45, 2.75) is 13.2 Å². The Kier molecular flexibility index (Phi) is 1.14. The van der Waals surface area contributed by atoms with Crippen molar-refractivity contribution in [2.24, 2.45) is 0 Å². The third kappa shape index (κ3) is 0.769. The second-order valence-corrected chi connectivity index (χ2v) is 2.32. The fourth-order valence-electron chi connectivity index (χ4n) is 1.12. The van der Waals surface area contributed by atoms with Crippen LogP contribution in [0.4, 0.5) is 0 Å². The lowest BCUT2D eigenvalue weighted by Gasteiger charge is -2.13. The fraction of sp³-hybridized carbons (Fsp3) is 0.500. The van der Waals surface area contributed by atoms with Crippen LogP contribution in [0.5, 0.6) is 0 Å². The first-order valence-electron chi connectivity index (χ1n) is 3.23. The molecule has 1 aromatic heterocycles. The van der Waals surface area contributed by atoms with Crippen LogP contribution in [0.25, 0.3) is 0 Å². The molecule has 1 aliphatic heterocycles. The molecule has 0 bridgehead atoms. The van der Waals surface area contributed by atoms with E-state index in [1.54, 1.807) is 6.07 Å². The van der Waals surface area contributed by atoms with Crippen molar-refractivity contribution in [1.82, 2.24) is 9.78 Å². The zero-order valence-corrected chi connectivity index (χ0v) is 5.46. The van der Waals surface area contributed by atoms with E-state index in [9.17, 15) is 4.79 Å². The Bertz CT molecular complexity index is 260. The topological polar surface area (TPSA) is 47.0 Å². The van der Waals surface area contributed by atoms with Gasteiger partial charge in [-0.2, -0.15) is 0 Å². The Morgan fingerprint density at radius 1 is 1.70 bits per heavy atom. The molecule has 0 saturated heterocycles. The minimum absolute atomic E-state index is 0.0412. The van der Waals surface area contributed by atoms with Crippen LogP contribution in [0, 0.1) is 0 Å². The molecule has 0 fully saturated rings. The van der Waals surface area contributed by atoms with Crippen LogP contribution in [0.3, 0.4) is 0 Å². The summed E-state index contributed by atoms with van der Waals surface area (Å²) in [6.45, 7) is 2.01. The Morgan fingerprint density at radius 3 is 3.40 bits per heavy atom. The smallest absolute Gasteiger partial charge is 0.264 e. The summed E-state index contributed by atoms with van der Waals surface area (Å²) in [5.74, 6) is 0. The molecule has 0 unspecified atom stereocenters. The number of aromatic amines is 1. The zero-order valence-electron chi connectivity index (χ0n) is 5.46. The first kappa shape index (κ1) is 5.73. The van der Waals surface area contributed by atoms with Crippen LogP contribution in [0.2, 0.25) is 0 Å². The summed E-state index contributed by atoms with van der Waals surface area (Å²) in [6, 6.07) is 1.57.